The van der Waals surface area contributed by atoms with Crippen LogP contribution in [0.5, 0.6) is 0 Å². The number of carbonyl (C=O) groups is 4. The molecule has 13 heteroatoms. The van der Waals surface area contributed by atoms with Crippen LogP contribution in [0.4, 0.5) is 4.39 Å². The number of rotatable bonds is 5. The van der Waals surface area contributed by atoms with Crippen molar-refractivity contribution < 1.29 is 23.6 Å². The fourth-order valence-corrected chi connectivity index (χ4v) is 5.43. The van der Waals surface area contributed by atoms with E-state index in [1.807, 2.05) is 36.4 Å². The lowest BCUT2D eigenvalue weighted by Gasteiger charge is -2.29. The van der Waals surface area contributed by atoms with Crippen molar-refractivity contribution in [3.63, 3.8) is 0 Å². The summed E-state index contributed by atoms with van der Waals surface area (Å²) < 4.78 is 16.1. The Balaban J connectivity index is 1.45. The quantitative estimate of drug-likeness (QED) is 0.257. The molecule has 0 saturated carbocycles. The van der Waals surface area contributed by atoms with Crippen LogP contribution < -0.4 is 21.7 Å². The Hall–Kier alpha value is -5.43. The highest BCUT2D eigenvalue weighted by atomic mass is 19.1. The summed E-state index contributed by atoms with van der Waals surface area (Å²) in [6, 6.07) is 20.2. The van der Waals surface area contributed by atoms with Gasteiger partial charge in [-0.25, -0.2) is 14.1 Å². The van der Waals surface area contributed by atoms with Gasteiger partial charge in [0, 0.05) is 18.7 Å². The molecule has 12 nitrogen and oxygen atoms in total. The molecule has 0 aliphatic carbocycles. The summed E-state index contributed by atoms with van der Waals surface area (Å²) in [5, 5.41) is 12.9. The molecule has 5 rings (SSSR count). The molecule has 0 radical (unpaired) electrons. The average Bonchev–Trinajstić information content (AvgIpc) is 3.51. The molecular formula is C35H39FN8O4. The Morgan fingerprint density at radius 2 is 1.73 bits per heavy atom. The molecule has 4 aromatic rings. The smallest absolute Gasteiger partial charge is 0.254 e. The highest BCUT2D eigenvalue weighted by Crippen LogP contribution is 2.20. The molecule has 0 saturated heterocycles. The van der Waals surface area contributed by atoms with E-state index in [0.29, 0.717) is 35.6 Å². The Morgan fingerprint density at radius 3 is 2.44 bits per heavy atom. The number of aryl methyl sites for hydroxylation is 1. The lowest BCUT2D eigenvalue weighted by molar-refractivity contribution is -0.137. The number of nitrogens with two attached hydrogens (primary N) is 1. The molecule has 2 bridgehead atoms. The molecule has 1 aromatic heterocycles. The number of amides is 4. The monoisotopic (exact) mass is 654 g/mol. The second kappa shape index (κ2) is 15.4. The van der Waals surface area contributed by atoms with Gasteiger partial charge in [-0.05, 0) is 49.9 Å². The summed E-state index contributed by atoms with van der Waals surface area (Å²) >= 11 is 0. The third-order valence-corrected chi connectivity index (χ3v) is 8.01. The van der Waals surface area contributed by atoms with Gasteiger partial charge in [0.1, 0.15) is 24.2 Å². The van der Waals surface area contributed by atoms with E-state index in [1.54, 1.807) is 37.3 Å². The second-order valence-electron chi connectivity index (χ2n) is 11.8. The maximum absolute atomic E-state index is 14.6. The van der Waals surface area contributed by atoms with Crippen molar-refractivity contribution in [2.75, 3.05) is 19.6 Å². The van der Waals surface area contributed by atoms with Gasteiger partial charge < -0.3 is 26.6 Å². The van der Waals surface area contributed by atoms with Crippen LogP contribution in [0.3, 0.4) is 0 Å². The lowest BCUT2D eigenvalue weighted by atomic mass is 10.0. The van der Waals surface area contributed by atoms with Gasteiger partial charge in [0.25, 0.3) is 5.91 Å². The van der Waals surface area contributed by atoms with Gasteiger partial charge in [-0.15, -0.1) is 0 Å². The first-order chi connectivity index (χ1) is 23.1. The maximum atomic E-state index is 14.6. The van der Waals surface area contributed by atoms with Crippen molar-refractivity contribution in [1.29, 1.82) is 0 Å². The third kappa shape index (κ3) is 8.48. The second-order valence-corrected chi connectivity index (χ2v) is 11.8. The van der Waals surface area contributed by atoms with Gasteiger partial charge >= 0.3 is 0 Å². The summed E-state index contributed by atoms with van der Waals surface area (Å²) in [7, 11) is 0. The molecule has 0 fully saturated rings. The van der Waals surface area contributed by atoms with Crippen LogP contribution in [0.25, 0.3) is 11.4 Å². The molecular weight excluding hydrogens is 615 g/mol. The molecule has 48 heavy (non-hydrogen) atoms. The Bertz CT molecular complexity index is 1760. The molecule has 0 unspecified atom stereocenters. The van der Waals surface area contributed by atoms with Crippen LogP contribution in [0, 0.1) is 5.82 Å². The van der Waals surface area contributed by atoms with E-state index in [0.717, 1.165) is 5.56 Å². The number of aromatic nitrogens is 3. The Morgan fingerprint density at radius 1 is 1.02 bits per heavy atom. The number of fused-ring (bicyclic) bond motifs is 2. The third-order valence-electron chi connectivity index (χ3n) is 8.01. The van der Waals surface area contributed by atoms with E-state index < -0.39 is 47.6 Å². The molecule has 0 spiro atoms. The lowest BCUT2D eigenvalue weighted by Crippen LogP contribution is -2.50. The Kier molecular flexibility index (Phi) is 10.9. The number of nitrogens with one attached hydrogen (secondary N) is 3. The van der Waals surface area contributed by atoms with Crippen LogP contribution in [-0.4, -0.2) is 69.0 Å². The van der Waals surface area contributed by atoms with E-state index in [1.165, 1.54) is 28.6 Å². The van der Waals surface area contributed by atoms with Crippen molar-refractivity contribution in [3.8, 4) is 11.4 Å². The summed E-state index contributed by atoms with van der Waals surface area (Å²) in [6.07, 6.45) is 0.972. The highest BCUT2D eigenvalue weighted by molar-refractivity contribution is 5.98. The van der Waals surface area contributed by atoms with Gasteiger partial charge in [0.15, 0.2) is 5.82 Å². The Labute approximate surface area is 277 Å². The number of benzene rings is 3. The summed E-state index contributed by atoms with van der Waals surface area (Å²) in [5.41, 5.74) is 8.17. The van der Waals surface area contributed by atoms with Crippen molar-refractivity contribution in [3.05, 3.63) is 107 Å². The molecule has 4 amide bonds. The van der Waals surface area contributed by atoms with Crippen molar-refractivity contribution in [2.24, 2.45) is 5.73 Å². The average molecular weight is 655 g/mol. The van der Waals surface area contributed by atoms with Crippen LogP contribution >= 0.6 is 0 Å². The number of hydrogen-bond acceptors (Lipinski definition) is 7. The first kappa shape index (κ1) is 33.9. The van der Waals surface area contributed by atoms with Crippen molar-refractivity contribution in [2.45, 2.75) is 51.4 Å². The largest absolute Gasteiger partial charge is 0.355 e. The van der Waals surface area contributed by atoms with E-state index in [4.69, 9.17) is 5.73 Å². The van der Waals surface area contributed by atoms with Crippen LogP contribution in [0.15, 0.2) is 78.9 Å². The van der Waals surface area contributed by atoms with E-state index in [-0.39, 0.29) is 31.7 Å². The van der Waals surface area contributed by atoms with Crippen LogP contribution in [-0.2, 0) is 27.3 Å². The minimum absolute atomic E-state index is 0.0776. The zero-order valence-corrected chi connectivity index (χ0v) is 26.9. The maximum Gasteiger partial charge on any atom is 0.254 e. The highest BCUT2D eigenvalue weighted by Gasteiger charge is 2.28. The van der Waals surface area contributed by atoms with Crippen molar-refractivity contribution in [1.82, 2.24) is 35.6 Å². The molecule has 3 atom stereocenters. The SMILES string of the molecule is C[C@H](N)c1nc(-c2ccccc2)nn1CC(=O)N1CC(=O)NCCCc2ccc(F)c(c2)C(=O)N[C@H](C)C(=O)N[C@@H](c2ccccc2)C1. The summed E-state index contributed by atoms with van der Waals surface area (Å²) in [6.45, 7) is 2.89. The number of carbonyl (C=O) groups excluding carboxylic acids is 4. The predicted molar refractivity (Wildman–Crippen MR) is 177 cm³/mol. The molecule has 250 valence electrons. The van der Waals surface area contributed by atoms with Gasteiger partial charge in [0.05, 0.1) is 24.2 Å². The van der Waals surface area contributed by atoms with Crippen LogP contribution in [0.1, 0.15) is 59.7 Å². The van der Waals surface area contributed by atoms with Gasteiger partial charge in [-0.3, -0.25) is 19.2 Å². The normalized spacial score (nSPS) is 18.7. The van der Waals surface area contributed by atoms with E-state index in [2.05, 4.69) is 26.0 Å². The first-order valence-electron chi connectivity index (χ1n) is 15.8. The first-order valence-corrected chi connectivity index (χ1v) is 15.8. The molecule has 5 N–H and O–H groups in total. The zero-order valence-electron chi connectivity index (χ0n) is 26.9. The van der Waals surface area contributed by atoms with E-state index >= 15 is 0 Å². The van der Waals surface area contributed by atoms with Gasteiger partial charge in [-0.1, -0.05) is 66.7 Å². The molecule has 2 heterocycles. The predicted octanol–water partition coefficient (Wildman–Crippen LogP) is 2.67. The summed E-state index contributed by atoms with van der Waals surface area (Å²) in [4.78, 5) is 59.7. The fraction of sp³-hybridized carbons (Fsp3) is 0.314. The number of halogens is 1. The van der Waals surface area contributed by atoms with Crippen LogP contribution in [0.2, 0.25) is 0 Å². The van der Waals surface area contributed by atoms with E-state index in [9.17, 15) is 23.6 Å². The fourth-order valence-electron chi connectivity index (χ4n) is 5.43. The topological polar surface area (TPSA) is 164 Å². The minimum Gasteiger partial charge on any atom is -0.355 e. The number of hydrogen-bond donors (Lipinski definition) is 4. The molecule has 3 aromatic carbocycles. The van der Waals surface area contributed by atoms with Gasteiger partial charge in [-0.2, -0.15) is 5.10 Å². The van der Waals surface area contributed by atoms with Gasteiger partial charge in [0.2, 0.25) is 17.7 Å². The zero-order chi connectivity index (χ0) is 34.2. The van der Waals surface area contributed by atoms with Crippen molar-refractivity contribution >= 4 is 23.6 Å². The standard InChI is InChI=1S/C35H39FN8O4/c1-22(37)33-41-32(26-13-7-4-8-14-26)42-44(33)21-31(46)43-19-29(25-11-5-3-6-12-25)40-34(47)23(2)39-35(48)27-18-24(15-16-28(27)36)10-9-17-38-30(45)20-43/h3-8,11-16,18,22-23,29H,9-10,17,19-21,37H2,1-2H3,(H,38,45)(H,39,48)(H,40,47)/t22-,23+,29+/m0/s1. The number of nitrogens with zero attached hydrogens (tertiary/aromatic N) is 4. The minimum atomic E-state index is -1.05. The summed E-state index contributed by atoms with van der Waals surface area (Å²) in [5.74, 6) is -2.03. The molecule has 1 aliphatic heterocycles. The molecule has 1 aliphatic rings.